The molecule has 3 N–H and O–H groups in total. The van der Waals surface area contributed by atoms with E-state index in [1.54, 1.807) is 48.5 Å². The summed E-state index contributed by atoms with van der Waals surface area (Å²) in [7, 11) is 0. The van der Waals surface area contributed by atoms with Crippen LogP contribution in [0.15, 0.2) is 54.6 Å². The van der Waals surface area contributed by atoms with Gasteiger partial charge in [-0.1, -0.05) is 12.1 Å². The number of aliphatic carboxylic acids is 1. The Hall–Kier alpha value is -4.47. The summed E-state index contributed by atoms with van der Waals surface area (Å²) in [5.41, 5.74) is 1.80. The summed E-state index contributed by atoms with van der Waals surface area (Å²) in [4.78, 5) is 30.3. The minimum atomic E-state index is -1.05. The number of nitrogens with one attached hydrogen (secondary N) is 2. The molecule has 0 fully saturated rings. The molecule has 0 aliphatic heterocycles. The summed E-state index contributed by atoms with van der Waals surface area (Å²) >= 11 is 0. The first-order valence-electron chi connectivity index (χ1n) is 9.66. The SMILES string of the molecule is CCOc1ccc(Nc2nc(Nc3cccc(/C=C/C(=O)O)c3)nc(C)c2[N+](=O)[O-])cc1. The molecule has 1 aromatic heterocycles. The molecule has 10 heteroatoms. The van der Waals surface area contributed by atoms with Gasteiger partial charge in [0.05, 0.1) is 11.5 Å². The number of carbonyl (C=O) groups is 1. The zero-order chi connectivity index (χ0) is 23.1. The topological polar surface area (TPSA) is 140 Å². The predicted octanol–water partition coefficient (Wildman–Crippen LogP) is 4.68. The van der Waals surface area contributed by atoms with Crippen LogP contribution in [-0.4, -0.2) is 32.6 Å². The number of ether oxygens (including phenoxy) is 1. The zero-order valence-corrected chi connectivity index (χ0v) is 17.4. The Labute approximate surface area is 183 Å². The number of hydrogen-bond donors (Lipinski definition) is 3. The van der Waals surface area contributed by atoms with Gasteiger partial charge >= 0.3 is 11.7 Å². The van der Waals surface area contributed by atoms with Gasteiger partial charge in [-0.25, -0.2) is 9.78 Å². The van der Waals surface area contributed by atoms with Crippen LogP contribution in [0.1, 0.15) is 18.2 Å². The summed E-state index contributed by atoms with van der Waals surface area (Å²) in [5, 5.41) is 26.4. The quantitative estimate of drug-likeness (QED) is 0.248. The molecule has 10 nitrogen and oxygen atoms in total. The van der Waals surface area contributed by atoms with E-state index in [9.17, 15) is 14.9 Å². The second-order valence-electron chi connectivity index (χ2n) is 6.59. The fraction of sp³-hybridized carbons (Fsp3) is 0.136. The maximum Gasteiger partial charge on any atom is 0.332 e. The summed E-state index contributed by atoms with van der Waals surface area (Å²) in [6, 6.07) is 13.9. The summed E-state index contributed by atoms with van der Waals surface area (Å²) < 4.78 is 5.41. The van der Waals surface area contributed by atoms with Crippen LogP contribution >= 0.6 is 0 Å². The van der Waals surface area contributed by atoms with Crippen LogP contribution < -0.4 is 15.4 Å². The van der Waals surface area contributed by atoms with Crippen LogP contribution in [0, 0.1) is 17.0 Å². The van der Waals surface area contributed by atoms with Gasteiger partial charge in [0.1, 0.15) is 11.4 Å². The van der Waals surface area contributed by atoms with Crippen LogP contribution in [0.2, 0.25) is 0 Å². The molecule has 0 radical (unpaired) electrons. The minimum absolute atomic E-state index is 0.0380. The van der Waals surface area contributed by atoms with Crippen LogP contribution in [0.5, 0.6) is 5.75 Å². The summed E-state index contributed by atoms with van der Waals surface area (Å²) in [6.45, 7) is 3.94. The van der Waals surface area contributed by atoms with Crippen molar-refractivity contribution >= 4 is 40.9 Å². The van der Waals surface area contributed by atoms with E-state index in [0.29, 0.717) is 29.3 Å². The van der Waals surface area contributed by atoms with Crippen molar-refractivity contribution in [3.05, 3.63) is 76.0 Å². The molecule has 0 bridgehead atoms. The molecule has 2 aromatic carbocycles. The smallest absolute Gasteiger partial charge is 0.332 e. The molecule has 0 unspecified atom stereocenters. The number of carboxylic acids is 1. The molecule has 0 saturated heterocycles. The highest BCUT2D eigenvalue weighted by Crippen LogP contribution is 2.30. The Kier molecular flexibility index (Phi) is 6.96. The minimum Gasteiger partial charge on any atom is -0.494 e. The van der Waals surface area contributed by atoms with E-state index in [-0.39, 0.29) is 23.1 Å². The van der Waals surface area contributed by atoms with E-state index in [2.05, 4.69) is 20.6 Å². The molecular weight excluding hydrogens is 414 g/mol. The highest BCUT2D eigenvalue weighted by Gasteiger charge is 2.22. The van der Waals surface area contributed by atoms with Crippen LogP contribution in [0.4, 0.5) is 28.8 Å². The molecular formula is C22H21N5O5. The van der Waals surface area contributed by atoms with E-state index in [4.69, 9.17) is 9.84 Å². The van der Waals surface area contributed by atoms with Crippen molar-refractivity contribution < 1.29 is 19.6 Å². The highest BCUT2D eigenvalue weighted by atomic mass is 16.6. The Morgan fingerprint density at radius 3 is 2.56 bits per heavy atom. The molecule has 0 aliphatic rings. The number of anilines is 4. The number of nitrogens with zero attached hydrogens (tertiary/aromatic N) is 3. The third-order valence-corrected chi connectivity index (χ3v) is 4.23. The molecule has 0 spiro atoms. The van der Waals surface area contributed by atoms with E-state index >= 15 is 0 Å². The van der Waals surface area contributed by atoms with Gasteiger partial charge in [-0.15, -0.1) is 0 Å². The van der Waals surface area contributed by atoms with Gasteiger partial charge < -0.3 is 20.5 Å². The lowest BCUT2D eigenvalue weighted by molar-refractivity contribution is -0.385. The van der Waals surface area contributed by atoms with Gasteiger partial charge in [0, 0.05) is 17.5 Å². The molecule has 1 heterocycles. The average molecular weight is 435 g/mol. The monoisotopic (exact) mass is 435 g/mol. The van der Waals surface area contributed by atoms with E-state index in [1.165, 1.54) is 13.0 Å². The van der Waals surface area contributed by atoms with Crippen molar-refractivity contribution in [3.63, 3.8) is 0 Å². The van der Waals surface area contributed by atoms with Gasteiger partial charge in [0.2, 0.25) is 11.8 Å². The number of benzene rings is 2. The van der Waals surface area contributed by atoms with E-state index < -0.39 is 10.9 Å². The van der Waals surface area contributed by atoms with Gasteiger partial charge in [0.25, 0.3) is 0 Å². The Morgan fingerprint density at radius 2 is 1.91 bits per heavy atom. The van der Waals surface area contributed by atoms with Crippen molar-refractivity contribution in [3.8, 4) is 5.75 Å². The largest absolute Gasteiger partial charge is 0.494 e. The standard InChI is InChI=1S/C22H21N5O5/c1-3-32-18-10-8-16(9-11-18)24-21-20(27(30)31)14(2)23-22(26-21)25-17-6-4-5-15(13-17)7-12-19(28)29/h4-13H,3H2,1-2H3,(H,28,29)(H2,23,24,25,26)/b12-7+. The Morgan fingerprint density at radius 1 is 1.16 bits per heavy atom. The van der Waals surface area contributed by atoms with Gasteiger partial charge in [0.15, 0.2) is 0 Å². The predicted molar refractivity (Wildman–Crippen MR) is 121 cm³/mol. The van der Waals surface area contributed by atoms with Gasteiger partial charge in [-0.2, -0.15) is 4.98 Å². The van der Waals surface area contributed by atoms with Crippen molar-refractivity contribution in [2.24, 2.45) is 0 Å². The number of nitro groups is 1. The summed E-state index contributed by atoms with van der Waals surface area (Å²) in [6.07, 6.45) is 2.48. The van der Waals surface area contributed by atoms with Gasteiger partial charge in [-0.05, 0) is 61.9 Å². The first-order valence-corrected chi connectivity index (χ1v) is 9.66. The maximum atomic E-state index is 11.6. The second-order valence-corrected chi connectivity index (χ2v) is 6.59. The summed E-state index contributed by atoms with van der Waals surface area (Å²) in [5.74, 6) is -0.176. The van der Waals surface area contributed by atoms with Gasteiger partial charge in [-0.3, -0.25) is 10.1 Å². The van der Waals surface area contributed by atoms with Crippen LogP contribution in [-0.2, 0) is 4.79 Å². The maximum absolute atomic E-state index is 11.6. The highest BCUT2D eigenvalue weighted by molar-refractivity contribution is 5.85. The third-order valence-electron chi connectivity index (χ3n) is 4.23. The Bertz CT molecular complexity index is 1160. The Balaban J connectivity index is 1.90. The molecule has 0 atom stereocenters. The lowest BCUT2D eigenvalue weighted by Gasteiger charge is -2.12. The molecule has 0 aliphatic carbocycles. The molecule has 164 valence electrons. The van der Waals surface area contributed by atoms with Crippen LogP contribution in [0.3, 0.4) is 0 Å². The number of rotatable bonds is 9. The van der Waals surface area contributed by atoms with Crippen LogP contribution in [0.25, 0.3) is 6.08 Å². The van der Waals surface area contributed by atoms with Crippen molar-refractivity contribution in [1.82, 2.24) is 9.97 Å². The normalized spacial score (nSPS) is 10.7. The lowest BCUT2D eigenvalue weighted by Crippen LogP contribution is -2.07. The number of aryl methyl sites for hydroxylation is 1. The molecule has 3 aromatic rings. The number of aromatic nitrogens is 2. The third kappa shape index (κ3) is 5.79. The molecule has 0 amide bonds. The average Bonchev–Trinajstić information content (AvgIpc) is 2.73. The lowest BCUT2D eigenvalue weighted by atomic mass is 10.2. The zero-order valence-electron chi connectivity index (χ0n) is 17.4. The van der Waals surface area contributed by atoms with Crippen molar-refractivity contribution in [2.45, 2.75) is 13.8 Å². The number of carboxylic acid groups (broad SMARTS) is 1. The molecule has 32 heavy (non-hydrogen) atoms. The first kappa shape index (κ1) is 22.2. The molecule has 3 rings (SSSR count). The van der Waals surface area contributed by atoms with E-state index in [1.807, 2.05) is 6.92 Å². The number of hydrogen-bond acceptors (Lipinski definition) is 8. The molecule has 0 saturated carbocycles. The van der Waals surface area contributed by atoms with E-state index in [0.717, 1.165) is 6.08 Å². The first-order chi connectivity index (χ1) is 15.4. The van der Waals surface area contributed by atoms with Crippen molar-refractivity contribution in [2.75, 3.05) is 17.2 Å². The van der Waals surface area contributed by atoms with Crippen molar-refractivity contribution in [1.29, 1.82) is 0 Å². The fourth-order valence-electron chi connectivity index (χ4n) is 2.88. The fourth-order valence-corrected chi connectivity index (χ4v) is 2.88. The second kappa shape index (κ2) is 10.0.